The number of nitrogens with one attached hydrogen (secondary N) is 3. The molecule has 2 rings (SSSR count). The van der Waals surface area contributed by atoms with Crippen molar-refractivity contribution in [1.29, 1.82) is 0 Å². The summed E-state index contributed by atoms with van der Waals surface area (Å²) in [5, 5.41) is 21.1. The Balaban J connectivity index is 1.80. The minimum atomic E-state index is -0.349. The minimum Gasteiger partial charge on any atom is -0.305 e. The molecule has 0 spiro atoms. The number of nitrogens with zero attached hydrogens (tertiary/aromatic N) is 3. The van der Waals surface area contributed by atoms with Crippen molar-refractivity contribution in [3.63, 3.8) is 0 Å². The Morgan fingerprint density at radius 3 is 3.00 bits per heavy atom. The lowest BCUT2D eigenvalue weighted by Gasteiger charge is -2.00. The summed E-state index contributed by atoms with van der Waals surface area (Å²) in [5.41, 5.74) is 0.602. The predicted molar refractivity (Wildman–Crippen MR) is 74.4 cm³/mol. The molecule has 0 aliphatic heterocycles. The molecule has 0 saturated carbocycles. The Kier molecular flexibility index (Phi) is 4.85. The van der Waals surface area contributed by atoms with Crippen LogP contribution in [0.15, 0.2) is 12.4 Å². The minimum absolute atomic E-state index is 0.349. The van der Waals surface area contributed by atoms with Gasteiger partial charge in [0.05, 0.1) is 11.9 Å². The second-order valence-electron chi connectivity index (χ2n) is 4.02. The fourth-order valence-electron chi connectivity index (χ4n) is 1.51. The second kappa shape index (κ2) is 6.83. The maximum Gasteiger partial charge on any atom is 0.325 e. The Hall–Kier alpha value is -1.96. The van der Waals surface area contributed by atoms with E-state index < -0.39 is 0 Å². The third-order valence-electron chi connectivity index (χ3n) is 2.44. The van der Waals surface area contributed by atoms with Crippen LogP contribution in [0.2, 0.25) is 0 Å². The van der Waals surface area contributed by atoms with Gasteiger partial charge in [-0.05, 0) is 6.42 Å². The summed E-state index contributed by atoms with van der Waals surface area (Å²) < 4.78 is 0. The predicted octanol–water partition coefficient (Wildman–Crippen LogP) is 2.64. The lowest BCUT2D eigenvalue weighted by Crippen LogP contribution is -2.18. The van der Waals surface area contributed by atoms with Crippen LogP contribution in [0, 0.1) is 0 Å². The standard InChI is InChI=1S/C11H16N6OS/c1-2-3-4-5-9-16-17-11(19-9)15-10(18)14-8-6-12-13-7-8/h6-7H,2-5H2,1H3,(H,12,13)(H2,14,15,17,18). The molecular weight excluding hydrogens is 264 g/mol. The van der Waals surface area contributed by atoms with Crippen LogP contribution in [0.3, 0.4) is 0 Å². The highest BCUT2D eigenvalue weighted by molar-refractivity contribution is 7.15. The Bertz CT molecular complexity index is 509. The molecule has 2 amide bonds. The number of anilines is 2. The smallest absolute Gasteiger partial charge is 0.305 e. The number of aromatic amines is 1. The molecule has 0 bridgehead atoms. The number of hydrogen-bond donors (Lipinski definition) is 3. The molecule has 0 radical (unpaired) electrons. The van der Waals surface area contributed by atoms with Crippen molar-refractivity contribution >= 4 is 28.2 Å². The maximum absolute atomic E-state index is 11.6. The van der Waals surface area contributed by atoms with E-state index in [1.165, 1.54) is 30.4 Å². The summed E-state index contributed by atoms with van der Waals surface area (Å²) in [4.78, 5) is 11.6. The summed E-state index contributed by atoms with van der Waals surface area (Å²) >= 11 is 1.41. The highest BCUT2D eigenvalue weighted by atomic mass is 32.1. The molecule has 2 heterocycles. The Labute approximate surface area is 114 Å². The van der Waals surface area contributed by atoms with E-state index in [0.717, 1.165) is 17.8 Å². The number of unbranched alkanes of at least 4 members (excludes halogenated alkanes) is 2. The highest BCUT2D eigenvalue weighted by Gasteiger charge is 2.08. The summed E-state index contributed by atoms with van der Waals surface area (Å²) in [6, 6.07) is -0.349. The SMILES string of the molecule is CCCCCc1nnc(NC(=O)Nc2cn[nH]c2)s1. The molecule has 0 aliphatic carbocycles. The first-order valence-electron chi connectivity index (χ1n) is 6.17. The third kappa shape index (κ3) is 4.32. The number of aryl methyl sites for hydroxylation is 1. The van der Waals surface area contributed by atoms with Gasteiger partial charge in [-0.3, -0.25) is 10.4 Å². The highest BCUT2D eigenvalue weighted by Crippen LogP contribution is 2.17. The summed E-state index contributed by atoms with van der Waals surface area (Å²) in [7, 11) is 0. The van der Waals surface area contributed by atoms with Crippen LogP contribution in [0.1, 0.15) is 31.2 Å². The van der Waals surface area contributed by atoms with Crippen LogP contribution in [0.25, 0.3) is 0 Å². The third-order valence-corrected chi connectivity index (χ3v) is 3.34. The van der Waals surface area contributed by atoms with Crippen molar-refractivity contribution < 1.29 is 4.79 Å². The molecule has 0 atom stereocenters. The second-order valence-corrected chi connectivity index (χ2v) is 5.09. The van der Waals surface area contributed by atoms with Gasteiger partial charge in [0, 0.05) is 12.6 Å². The molecular formula is C11H16N6OS. The van der Waals surface area contributed by atoms with Crippen LogP contribution in [-0.2, 0) is 6.42 Å². The Morgan fingerprint density at radius 2 is 2.26 bits per heavy atom. The fourth-order valence-corrected chi connectivity index (χ4v) is 2.29. The van der Waals surface area contributed by atoms with E-state index in [1.54, 1.807) is 6.20 Å². The lowest BCUT2D eigenvalue weighted by molar-refractivity contribution is 0.262. The molecule has 3 N–H and O–H groups in total. The quantitative estimate of drug-likeness (QED) is 0.709. The van der Waals surface area contributed by atoms with E-state index in [2.05, 4.69) is 38.0 Å². The summed E-state index contributed by atoms with van der Waals surface area (Å²) in [6.45, 7) is 2.16. The van der Waals surface area contributed by atoms with Crippen LogP contribution >= 0.6 is 11.3 Å². The first kappa shape index (κ1) is 13.5. The molecule has 0 saturated heterocycles. The molecule has 102 valence electrons. The molecule has 7 nitrogen and oxygen atoms in total. The molecule has 2 aromatic heterocycles. The first-order valence-corrected chi connectivity index (χ1v) is 6.98. The number of carbonyl (C=O) groups excluding carboxylic acids is 1. The average Bonchev–Trinajstić information content (AvgIpc) is 3.02. The van der Waals surface area contributed by atoms with Crippen molar-refractivity contribution in [2.45, 2.75) is 32.6 Å². The van der Waals surface area contributed by atoms with Gasteiger partial charge in [-0.1, -0.05) is 31.1 Å². The fraction of sp³-hybridized carbons (Fsp3) is 0.455. The van der Waals surface area contributed by atoms with E-state index in [1.807, 2.05) is 0 Å². The van der Waals surface area contributed by atoms with Gasteiger partial charge in [-0.2, -0.15) is 5.10 Å². The molecule has 19 heavy (non-hydrogen) atoms. The van der Waals surface area contributed by atoms with Crippen molar-refractivity contribution in [2.75, 3.05) is 10.6 Å². The van der Waals surface area contributed by atoms with Gasteiger partial charge in [0.1, 0.15) is 5.01 Å². The number of hydrogen-bond acceptors (Lipinski definition) is 5. The number of amides is 2. The van der Waals surface area contributed by atoms with Crippen LogP contribution in [0.4, 0.5) is 15.6 Å². The van der Waals surface area contributed by atoms with Crippen molar-refractivity contribution in [3.05, 3.63) is 17.4 Å². The molecule has 2 aromatic rings. The van der Waals surface area contributed by atoms with E-state index >= 15 is 0 Å². The van der Waals surface area contributed by atoms with Crippen molar-refractivity contribution in [3.8, 4) is 0 Å². The van der Waals surface area contributed by atoms with Gasteiger partial charge in [0.2, 0.25) is 5.13 Å². The van der Waals surface area contributed by atoms with Gasteiger partial charge < -0.3 is 5.32 Å². The number of carbonyl (C=O) groups is 1. The van der Waals surface area contributed by atoms with Gasteiger partial charge >= 0.3 is 6.03 Å². The molecule has 0 unspecified atom stereocenters. The molecule has 8 heteroatoms. The topological polar surface area (TPSA) is 95.6 Å². The van der Waals surface area contributed by atoms with Crippen molar-refractivity contribution in [1.82, 2.24) is 20.4 Å². The zero-order valence-corrected chi connectivity index (χ0v) is 11.5. The van der Waals surface area contributed by atoms with E-state index in [-0.39, 0.29) is 6.03 Å². The van der Waals surface area contributed by atoms with Crippen LogP contribution < -0.4 is 10.6 Å². The summed E-state index contributed by atoms with van der Waals surface area (Å²) in [6.07, 6.45) is 7.49. The van der Waals surface area contributed by atoms with Crippen molar-refractivity contribution in [2.24, 2.45) is 0 Å². The molecule has 0 aromatic carbocycles. The van der Waals surface area contributed by atoms with Gasteiger partial charge in [0.15, 0.2) is 0 Å². The summed E-state index contributed by atoms with van der Waals surface area (Å²) in [5.74, 6) is 0. The number of rotatable bonds is 6. The number of aromatic nitrogens is 4. The van der Waals surface area contributed by atoms with Crippen LogP contribution in [-0.4, -0.2) is 26.4 Å². The first-order chi connectivity index (χ1) is 9.28. The number of H-pyrrole nitrogens is 1. The largest absolute Gasteiger partial charge is 0.325 e. The van der Waals surface area contributed by atoms with Gasteiger partial charge in [-0.15, -0.1) is 10.2 Å². The zero-order valence-electron chi connectivity index (χ0n) is 10.6. The molecule has 0 aliphatic rings. The van der Waals surface area contributed by atoms with Crippen LogP contribution in [0.5, 0.6) is 0 Å². The van der Waals surface area contributed by atoms with E-state index in [0.29, 0.717) is 10.8 Å². The zero-order chi connectivity index (χ0) is 13.5. The van der Waals surface area contributed by atoms with E-state index in [9.17, 15) is 4.79 Å². The van der Waals surface area contributed by atoms with Gasteiger partial charge in [-0.25, -0.2) is 4.79 Å². The normalized spacial score (nSPS) is 10.4. The monoisotopic (exact) mass is 280 g/mol. The number of urea groups is 1. The maximum atomic E-state index is 11.6. The molecule has 0 fully saturated rings. The lowest BCUT2D eigenvalue weighted by atomic mass is 10.2. The average molecular weight is 280 g/mol. The van der Waals surface area contributed by atoms with Gasteiger partial charge in [0.25, 0.3) is 0 Å². The van der Waals surface area contributed by atoms with E-state index in [4.69, 9.17) is 0 Å². The Morgan fingerprint density at radius 1 is 1.37 bits per heavy atom.